The molecule has 0 aliphatic heterocycles. The van der Waals surface area contributed by atoms with Crippen molar-refractivity contribution in [1.29, 1.82) is 0 Å². The smallest absolute Gasteiger partial charge is 0.238 e. The zero-order chi connectivity index (χ0) is 18.9. The Balaban J connectivity index is 2.07. The van der Waals surface area contributed by atoms with Crippen molar-refractivity contribution in [2.45, 2.75) is 18.4 Å². The molecule has 1 aromatic heterocycles. The van der Waals surface area contributed by atoms with E-state index in [9.17, 15) is 8.42 Å². The van der Waals surface area contributed by atoms with Crippen LogP contribution in [-0.2, 0) is 16.6 Å². The molecular weight excluding hydrogens is 413 g/mol. The SMILES string of the molecule is CCn1c(-c2ccc(Cl)cc2Cl)csc1=Nc1ccc(S(N)(=O)=O)cc1. The summed E-state index contributed by atoms with van der Waals surface area (Å²) in [5.74, 6) is 0. The van der Waals surface area contributed by atoms with Gasteiger partial charge in [-0.05, 0) is 49.4 Å². The van der Waals surface area contributed by atoms with Gasteiger partial charge in [0, 0.05) is 22.5 Å². The van der Waals surface area contributed by atoms with E-state index >= 15 is 0 Å². The molecule has 2 aromatic carbocycles. The quantitative estimate of drug-likeness (QED) is 0.668. The molecule has 3 aromatic rings. The number of aromatic nitrogens is 1. The van der Waals surface area contributed by atoms with Crippen LogP contribution in [0.2, 0.25) is 10.0 Å². The molecule has 136 valence electrons. The molecule has 0 saturated carbocycles. The lowest BCUT2D eigenvalue weighted by Gasteiger charge is -2.08. The van der Waals surface area contributed by atoms with Crippen LogP contribution in [0.4, 0.5) is 5.69 Å². The van der Waals surface area contributed by atoms with Gasteiger partial charge in [-0.2, -0.15) is 0 Å². The predicted molar refractivity (Wildman–Crippen MR) is 106 cm³/mol. The van der Waals surface area contributed by atoms with Crippen molar-refractivity contribution in [2.75, 3.05) is 0 Å². The molecule has 0 saturated heterocycles. The molecule has 0 bridgehead atoms. The molecule has 26 heavy (non-hydrogen) atoms. The molecule has 9 heteroatoms. The van der Waals surface area contributed by atoms with Crippen LogP contribution >= 0.6 is 34.5 Å². The molecule has 0 radical (unpaired) electrons. The molecule has 0 unspecified atom stereocenters. The van der Waals surface area contributed by atoms with Gasteiger partial charge in [-0.1, -0.05) is 23.2 Å². The lowest BCUT2D eigenvalue weighted by molar-refractivity contribution is 0.598. The Kier molecular flexibility index (Phi) is 5.55. The second kappa shape index (κ2) is 7.54. The third-order valence-electron chi connectivity index (χ3n) is 3.71. The van der Waals surface area contributed by atoms with E-state index in [4.69, 9.17) is 28.3 Å². The molecule has 0 amide bonds. The van der Waals surface area contributed by atoms with E-state index in [2.05, 4.69) is 4.99 Å². The number of halogens is 2. The van der Waals surface area contributed by atoms with Gasteiger partial charge < -0.3 is 4.57 Å². The highest BCUT2D eigenvalue weighted by molar-refractivity contribution is 7.89. The number of sulfonamides is 1. The van der Waals surface area contributed by atoms with Crippen LogP contribution in [0.5, 0.6) is 0 Å². The van der Waals surface area contributed by atoms with Crippen LogP contribution in [0.1, 0.15) is 6.92 Å². The maximum atomic E-state index is 11.3. The molecule has 2 N–H and O–H groups in total. The van der Waals surface area contributed by atoms with Gasteiger partial charge in [-0.15, -0.1) is 11.3 Å². The monoisotopic (exact) mass is 427 g/mol. The highest BCUT2D eigenvalue weighted by Crippen LogP contribution is 2.30. The number of nitrogens with two attached hydrogens (primary N) is 1. The Morgan fingerprint density at radius 1 is 1.15 bits per heavy atom. The number of thiazole rings is 1. The van der Waals surface area contributed by atoms with Crippen molar-refractivity contribution < 1.29 is 8.42 Å². The van der Waals surface area contributed by atoms with Gasteiger partial charge in [0.25, 0.3) is 0 Å². The topological polar surface area (TPSA) is 77.5 Å². The number of hydrogen-bond donors (Lipinski definition) is 1. The standard InChI is InChI=1S/C17H15Cl2N3O2S2/c1-2-22-16(14-8-3-11(18)9-15(14)19)10-25-17(22)21-12-4-6-13(7-5-12)26(20,23)24/h3-10H,2H2,1H3,(H2,20,23,24). The first-order valence-electron chi connectivity index (χ1n) is 7.61. The molecule has 5 nitrogen and oxygen atoms in total. The Hall–Kier alpha value is -1.64. The van der Waals surface area contributed by atoms with E-state index in [0.717, 1.165) is 16.1 Å². The minimum atomic E-state index is -3.72. The van der Waals surface area contributed by atoms with E-state index in [0.29, 0.717) is 22.3 Å². The molecular formula is C17H15Cl2N3O2S2. The van der Waals surface area contributed by atoms with E-state index in [1.54, 1.807) is 24.3 Å². The first-order valence-corrected chi connectivity index (χ1v) is 10.8. The molecule has 0 aliphatic rings. The second-order valence-electron chi connectivity index (χ2n) is 5.42. The minimum Gasteiger partial charge on any atom is -0.317 e. The number of nitrogens with zero attached hydrogens (tertiary/aromatic N) is 2. The summed E-state index contributed by atoms with van der Waals surface area (Å²) in [6.45, 7) is 2.72. The van der Waals surface area contributed by atoms with Gasteiger partial charge in [-0.25, -0.2) is 18.5 Å². The van der Waals surface area contributed by atoms with Crippen molar-refractivity contribution in [2.24, 2.45) is 10.1 Å². The first-order chi connectivity index (χ1) is 12.3. The third-order valence-corrected chi connectivity index (χ3v) is 6.05. The maximum Gasteiger partial charge on any atom is 0.238 e. The average molecular weight is 428 g/mol. The predicted octanol–water partition coefficient (Wildman–Crippen LogP) is 4.42. The average Bonchev–Trinajstić information content (AvgIpc) is 2.97. The van der Waals surface area contributed by atoms with Crippen molar-refractivity contribution in [3.05, 3.63) is 62.7 Å². The van der Waals surface area contributed by atoms with Crippen LogP contribution in [0.25, 0.3) is 11.3 Å². The van der Waals surface area contributed by atoms with E-state index in [1.165, 1.54) is 23.5 Å². The summed E-state index contributed by atoms with van der Waals surface area (Å²) >= 11 is 13.8. The fraction of sp³-hybridized carbons (Fsp3) is 0.118. The largest absolute Gasteiger partial charge is 0.317 e. The van der Waals surface area contributed by atoms with Crippen molar-refractivity contribution >= 4 is 50.2 Å². The molecule has 0 aliphatic carbocycles. The number of hydrogen-bond acceptors (Lipinski definition) is 4. The number of benzene rings is 2. The summed E-state index contributed by atoms with van der Waals surface area (Å²) in [7, 11) is -3.72. The van der Waals surface area contributed by atoms with Gasteiger partial charge in [0.1, 0.15) is 0 Å². The lowest BCUT2D eigenvalue weighted by Crippen LogP contribution is -2.14. The van der Waals surface area contributed by atoms with Crippen LogP contribution in [0.15, 0.2) is 57.7 Å². The summed E-state index contributed by atoms with van der Waals surface area (Å²) in [4.78, 5) is 5.44. The fourth-order valence-corrected chi connectivity index (χ4v) is 4.46. The van der Waals surface area contributed by atoms with Crippen molar-refractivity contribution in [3.8, 4) is 11.3 Å². The number of primary sulfonamides is 1. The molecule has 0 spiro atoms. The summed E-state index contributed by atoms with van der Waals surface area (Å²) in [5.41, 5.74) is 2.45. The summed E-state index contributed by atoms with van der Waals surface area (Å²) in [6.07, 6.45) is 0. The van der Waals surface area contributed by atoms with E-state index < -0.39 is 10.0 Å². The summed E-state index contributed by atoms with van der Waals surface area (Å²) in [6, 6.07) is 11.5. The van der Waals surface area contributed by atoms with Gasteiger partial charge >= 0.3 is 0 Å². The highest BCUT2D eigenvalue weighted by Gasteiger charge is 2.11. The normalized spacial score (nSPS) is 12.5. The lowest BCUT2D eigenvalue weighted by atomic mass is 10.2. The minimum absolute atomic E-state index is 0.0552. The van der Waals surface area contributed by atoms with Crippen LogP contribution < -0.4 is 9.94 Å². The van der Waals surface area contributed by atoms with Gasteiger partial charge in [0.05, 0.1) is 21.3 Å². The van der Waals surface area contributed by atoms with Crippen LogP contribution in [0, 0.1) is 0 Å². The second-order valence-corrected chi connectivity index (χ2v) is 8.66. The Morgan fingerprint density at radius 3 is 2.42 bits per heavy atom. The van der Waals surface area contributed by atoms with Gasteiger partial charge in [0.15, 0.2) is 4.80 Å². The molecule has 0 fully saturated rings. The Morgan fingerprint density at radius 2 is 1.85 bits per heavy atom. The molecule has 0 atom stereocenters. The van der Waals surface area contributed by atoms with E-state index in [-0.39, 0.29) is 4.90 Å². The maximum absolute atomic E-state index is 11.3. The van der Waals surface area contributed by atoms with Gasteiger partial charge in [0.2, 0.25) is 10.0 Å². The third kappa shape index (κ3) is 4.02. The molecule has 3 rings (SSSR count). The first kappa shape index (κ1) is 19.1. The van der Waals surface area contributed by atoms with Crippen molar-refractivity contribution in [1.82, 2.24) is 4.57 Å². The van der Waals surface area contributed by atoms with Crippen molar-refractivity contribution in [3.63, 3.8) is 0 Å². The van der Waals surface area contributed by atoms with Crippen LogP contribution in [0.3, 0.4) is 0 Å². The van der Waals surface area contributed by atoms with Gasteiger partial charge in [-0.3, -0.25) is 0 Å². The Labute approximate surface area is 165 Å². The number of rotatable bonds is 4. The Bertz CT molecular complexity index is 1120. The fourth-order valence-electron chi connectivity index (χ4n) is 2.46. The zero-order valence-electron chi connectivity index (χ0n) is 13.7. The molecule has 1 heterocycles. The zero-order valence-corrected chi connectivity index (χ0v) is 16.8. The van der Waals surface area contributed by atoms with Crippen LogP contribution in [-0.4, -0.2) is 13.0 Å². The summed E-state index contributed by atoms with van der Waals surface area (Å²) < 4.78 is 24.7. The summed E-state index contributed by atoms with van der Waals surface area (Å²) in [5, 5.41) is 8.25. The van der Waals surface area contributed by atoms with E-state index in [1.807, 2.05) is 22.9 Å². The highest BCUT2D eigenvalue weighted by atomic mass is 35.5.